The number of morpholine rings is 1. The first kappa shape index (κ1) is 16.7. The molecule has 2 aliphatic rings. The molecule has 5 heteroatoms. The number of hydrogen-bond acceptors (Lipinski definition) is 4. The Bertz CT molecular complexity index is 285. The standard InChI is InChI=1S/C16H31N3O2/c20-16(18-15-6-3-1-2-4-7-15)14-17-8-5-9-19-10-12-21-13-11-19/h15,17H,1-14H2,(H,18,20). The van der Waals surface area contributed by atoms with Crippen molar-refractivity contribution in [3.63, 3.8) is 0 Å². The van der Waals surface area contributed by atoms with Crippen molar-refractivity contribution in [3.05, 3.63) is 0 Å². The highest BCUT2D eigenvalue weighted by Gasteiger charge is 2.14. The molecule has 1 saturated carbocycles. The molecule has 0 aromatic rings. The molecular formula is C16H31N3O2. The third kappa shape index (κ3) is 7.25. The van der Waals surface area contributed by atoms with Gasteiger partial charge in [-0.15, -0.1) is 0 Å². The molecule has 1 amide bonds. The van der Waals surface area contributed by atoms with Gasteiger partial charge in [-0.2, -0.15) is 0 Å². The third-order valence-electron chi connectivity index (χ3n) is 4.44. The maximum absolute atomic E-state index is 11.9. The number of nitrogens with one attached hydrogen (secondary N) is 2. The molecule has 0 radical (unpaired) electrons. The smallest absolute Gasteiger partial charge is 0.234 e. The van der Waals surface area contributed by atoms with E-state index in [2.05, 4.69) is 15.5 Å². The van der Waals surface area contributed by atoms with Gasteiger partial charge in [-0.25, -0.2) is 0 Å². The van der Waals surface area contributed by atoms with Crippen LogP contribution < -0.4 is 10.6 Å². The number of carbonyl (C=O) groups excluding carboxylic acids is 1. The van der Waals surface area contributed by atoms with E-state index in [1.807, 2.05) is 0 Å². The fourth-order valence-corrected chi connectivity index (χ4v) is 3.16. The number of hydrogen-bond donors (Lipinski definition) is 2. The van der Waals surface area contributed by atoms with Crippen molar-refractivity contribution in [2.45, 2.75) is 51.0 Å². The van der Waals surface area contributed by atoms with Crippen molar-refractivity contribution in [1.29, 1.82) is 0 Å². The van der Waals surface area contributed by atoms with E-state index < -0.39 is 0 Å². The van der Waals surface area contributed by atoms with Gasteiger partial charge < -0.3 is 15.4 Å². The number of amides is 1. The number of ether oxygens (including phenoxy) is 1. The summed E-state index contributed by atoms with van der Waals surface area (Å²) in [5.74, 6) is 0.160. The van der Waals surface area contributed by atoms with Gasteiger partial charge in [0.25, 0.3) is 0 Å². The lowest BCUT2D eigenvalue weighted by molar-refractivity contribution is -0.121. The van der Waals surface area contributed by atoms with E-state index in [1.54, 1.807) is 0 Å². The van der Waals surface area contributed by atoms with Crippen LogP contribution in [-0.2, 0) is 9.53 Å². The van der Waals surface area contributed by atoms with Crippen molar-refractivity contribution in [2.75, 3.05) is 45.9 Å². The normalized spacial score (nSPS) is 21.9. The van der Waals surface area contributed by atoms with Crippen molar-refractivity contribution < 1.29 is 9.53 Å². The molecular weight excluding hydrogens is 266 g/mol. The van der Waals surface area contributed by atoms with E-state index in [9.17, 15) is 4.79 Å². The first-order chi connectivity index (χ1) is 10.3. The summed E-state index contributed by atoms with van der Waals surface area (Å²) in [6.45, 7) is 6.27. The molecule has 0 unspecified atom stereocenters. The third-order valence-corrected chi connectivity index (χ3v) is 4.44. The van der Waals surface area contributed by atoms with E-state index in [-0.39, 0.29) is 5.91 Å². The number of rotatable bonds is 7. The Balaban J connectivity index is 1.46. The largest absolute Gasteiger partial charge is 0.379 e. The molecule has 1 heterocycles. The lowest BCUT2D eigenvalue weighted by Crippen LogP contribution is -2.41. The van der Waals surface area contributed by atoms with Crippen molar-refractivity contribution in [2.24, 2.45) is 0 Å². The van der Waals surface area contributed by atoms with Gasteiger partial charge in [0.15, 0.2) is 0 Å². The molecule has 0 spiro atoms. The predicted octanol–water partition coefficient (Wildman–Crippen LogP) is 1.14. The van der Waals surface area contributed by atoms with Gasteiger partial charge >= 0.3 is 0 Å². The van der Waals surface area contributed by atoms with Crippen LogP contribution in [0.2, 0.25) is 0 Å². The molecule has 1 aliphatic carbocycles. The minimum atomic E-state index is 0.160. The highest BCUT2D eigenvalue weighted by molar-refractivity contribution is 5.78. The van der Waals surface area contributed by atoms with E-state index in [0.717, 1.165) is 58.7 Å². The van der Waals surface area contributed by atoms with E-state index in [0.29, 0.717) is 12.6 Å². The van der Waals surface area contributed by atoms with Crippen LogP contribution >= 0.6 is 0 Å². The first-order valence-electron chi connectivity index (χ1n) is 8.65. The summed E-state index contributed by atoms with van der Waals surface area (Å²) in [7, 11) is 0. The van der Waals surface area contributed by atoms with E-state index >= 15 is 0 Å². The number of carbonyl (C=O) groups is 1. The van der Waals surface area contributed by atoms with Crippen LogP contribution in [0.3, 0.4) is 0 Å². The lowest BCUT2D eigenvalue weighted by Gasteiger charge is -2.26. The van der Waals surface area contributed by atoms with Crippen LogP contribution in [-0.4, -0.2) is 62.8 Å². The minimum Gasteiger partial charge on any atom is -0.379 e. The molecule has 1 saturated heterocycles. The topological polar surface area (TPSA) is 53.6 Å². The summed E-state index contributed by atoms with van der Waals surface area (Å²) in [6, 6.07) is 0.412. The molecule has 122 valence electrons. The average molecular weight is 297 g/mol. The van der Waals surface area contributed by atoms with Crippen LogP contribution in [0.25, 0.3) is 0 Å². The monoisotopic (exact) mass is 297 g/mol. The van der Waals surface area contributed by atoms with Crippen LogP contribution in [0.5, 0.6) is 0 Å². The van der Waals surface area contributed by atoms with Gasteiger partial charge in [0.2, 0.25) is 5.91 Å². The summed E-state index contributed by atoms with van der Waals surface area (Å²) >= 11 is 0. The zero-order chi connectivity index (χ0) is 14.8. The minimum absolute atomic E-state index is 0.160. The zero-order valence-corrected chi connectivity index (χ0v) is 13.2. The molecule has 0 aromatic carbocycles. The van der Waals surface area contributed by atoms with Gasteiger partial charge in [-0.1, -0.05) is 25.7 Å². The Labute approximate surface area is 128 Å². The van der Waals surface area contributed by atoms with Crippen molar-refractivity contribution >= 4 is 5.91 Å². The molecule has 1 aliphatic heterocycles. The second-order valence-corrected chi connectivity index (χ2v) is 6.24. The lowest BCUT2D eigenvalue weighted by atomic mass is 10.1. The van der Waals surface area contributed by atoms with Gasteiger partial charge in [-0.05, 0) is 32.4 Å². The van der Waals surface area contributed by atoms with Crippen LogP contribution in [0.4, 0.5) is 0 Å². The van der Waals surface area contributed by atoms with Gasteiger partial charge in [-0.3, -0.25) is 9.69 Å². The average Bonchev–Trinajstić information content (AvgIpc) is 2.76. The van der Waals surface area contributed by atoms with Gasteiger partial charge in [0.1, 0.15) is 0 Å². The van der Waals surface area contributed by atoms with Crippen LogP contribution in [0.1, 0.15) is 44.9 Å². The highest BCUT2D eigenvalue weighted by Crippen LogP contribution is 2.16. The SMILES string of the molecule is O=C(CNCCCN1CCOCC1)NC1CCCCCC1. The molecule has 21 heavy (non-hydrogen) atoms. The maximum Gasteiger partial charge on any atom is 0.234 e. The quantitative estimate of drug-likeness (QED) is 0.546. The Morgan fingerprint density at radius 3 is 2.52 bits per heavy atom. The summed E-state index contributed by atoms with van der Waals surface area (Å²) in [5, 5.41) is 6.43. The Kier molecular flexibility index (Phi) is 8.07. The molecule has 2 rings (SSSR count). The molecule has 0 bridgehead atoms. The van der Waals surface area contributed by atoms with E-state index in [1.165, 1.54) is 25.7 Å². The predicted molar refractivity (Wildman–Crippen MR) is 84.4 cm³/mol. The fourth-order valence-electron chi connectivity index (χ4n) is 3.16. The molecule has 2 fully saturated rings. The van der Waals surface area contributed by atoms with E-state index in [4.69, 9.17) is 4.74 Å². The summed E-state index contributed by atoms with van der Waals surface area (Å²) in [6.07, 6.45) is 8.58. The second-order valence-electron chi connectivity index (χ2n) is 6.24. The molecule has 2 N–H and O–H groups in total. The Morgan fingerprint density at radius 2 is 1.81 bits per heavy atom. The summed E-state index contributed by atoms with van der Waals surface area (Å²) in [4.78, 5) is 14.3. The Morgan fingerprint density at radius 1 is 1.10 bits per heavy atom. The van der Waals surface area contributed by atoms with Crippen LogP contribution in [0, 0.1) is 0 Å². The zero-order valence-electron chi connectivity index (χ0n) is 13.2. The summed E-state index contributed by atoms with van der Waals surface area (Å²) < 4.78 is 5.33. The first-order valence-corrected chi connectivity index (χ1v) is 8.65. The fraction of sp³-hybridized carbons (Fsp3) is 0.938. The Hall–Kier alpha value is -0.650. The van der Waals surface area contributed by atoms with Crippen molar-refractivity contribution in [3.8, 4) is 0 Å². The molecule has 0 atom stereocenters. The van der Waals surface area contributed by atoms with Gasteiger partial charge in [0.05, 0.1) is 19.8 Å². The van der Waals surface area contributed by atoms with Gasteiger partial charge in [0, 0.05) is 19.1 Å². The second kappa shape index (κ2) is 10.1. The van der Waals surface area contributed by atoms with Crippen LogP contribution in [0.15, 0.2) is 0 Å². The summed E-state index contributed by atoms with van der Waals surface area (Å²) in [5.41, 5.74) is 0. The maximum atomic E-state index is 11.9. The van der Waals surface area contributed by atoms with Crippen molar-refractivity contribution in [1.82, 2.24) is 15.5 Å². The number of nitrogens with zero attached hydrogens (tertiary/aromatic N) is 1. The molecule has 5 nitrogen and oxygen atoms in total. The highest BCUT2D eigenvalue weighted by atomic mass is 16.5. The molecule has 0 aromatic heterocycles.